The summed E-state index contributed by atoms with van der Waals surface area (Å²) in [5.74, 6) is -0.0965. The van der Waals surface area contributed by atoms with E-state index < -0.39 is 0 Å². The van der Waals surface area contributed by atoms with Crippen molar-refractivity contribution in [2.24, 2.45) is 5.92 Å². The minimum Gasteiger partial charge on any atom is -0.396 e. The van der Waals surface area contributed by atoms with Crippen molar-refractivity contribution in [3.8, 4) is 0 Å². The molecule has 2 aromatic rings. The van der Waals surface area contributed by atoms with Gasteiger partial charge in [0.05, 0.1) is 17.1 Å². The van der Waals surface area contributed by atoms with Gasteiger partial charge in [0.15, 0.2) is 0 Å². The maximum Gasteiger partial charge on any atom is 0.226 e. The molecule has 21 heavy (non-hydrogen) atoms. The van der Waals surface area contributed by atoms with Gasteiger partial charge in [-0.25, -0.2) is 4.98 Å². The number of nitrogens with zero attached hydrogens (tertiary/aromatic N) is 2. The molecule has 0 saturated heterocycles. The number of rotatable bonds is 7. The topological polar surface area (TPSA) is 75.1 Å². The molecule has 6 heteroatoms. The van der Waals surface area contributed by atoms with E-state index in [1.807, 2.05) is 30.5 Å². The van der Waals surface area contributed by atoms with E-state index in [4.69, 9.17) is 0 Å². The molecule has 0 spiro atoms. The second kappa shape index (κ2) is 7.85. The molecule has 1 unspecified atom stereocenters. The first-order valence-electron chi connectivity index (χ1n) is 6.86. The lowest BCUT2D eigenvalue weighted by molar-refractivity contribution is -0.120. The molecule has 0 aliphatic heterocycles. The minimum absolute atomic E-state index is 0.0205. The molecule has 2 N–H and O–H groups in total. The molecular weight excluding hydrogens is 286 g/mol. The van der Waals surface area contributed by atoms with Gasteiger partial charge in [0, 0.05) is 36.3 Å². The third kappa shape index (κ3) is 5.24. The number of nitrogens with one attached hydrogen (secondary N) is 1. The number of thiazole rings is 1. The van der Waals surface area contributed by atoms with Crippen molar-refractivity contribution in [1.82, 2.24) is 15.3 Å². The Hall–Kier alpha value is -1.79. The summed E-state index contributed by atoms with van der Waals surface area (Å²) in [6.45, 7) is 2.38. The summed E-state index contributed by atoms with van der Waals surface area (Å²) in [6.07, 6.45) is 2.66. The zero-order valence-electron chi connectivity index (χ0n) is 12.0. The van der Waals surface area contributed by atoms with Crippen LogP contribution in [0.4, 0.5) is 0 Å². The van der Waals surface area contributed by atoms with Crippen LogP contribution in [0.5, 0.6) is 0 Å². The van der Waals surface area contributed by atoms with Gasteiger partial charge >= 0.3 is 0 Å². The van der Waals surface area contributed by atoms with Crippen LogP contribution < -0.4 is 5.32 Å². The van der Waals surface area contributed by atoms with Crippen LogP contribution in [0.25, 0.3) is 0 Å². The Bertz CT molecular complexity index is 571. The van der Waals surface area contributed by atoms with Gasteiger partial charge < -0.3 is 10.4 Å². The van der Waals surface area contributed by atoms with E-state index in [1.165, 1.54) is 11.3 Å². The van der Waals surface area contributed by atoms with Crippen LogP contribution in [0, 0.1) is 12.8 Å². The van der Waals surface area contributed by atoms with Crippen LogP contribution in [0.15, 0.2) is 29.8 Å². The van der Waals surface area contributed by atoms with Gasteiger partial charge in [-0.1, -0.05) is 6.07 Å². The highest BCUT2D eigenvalue weighted by atomic mass is 32.1. The zero-order chi connectivity index (χ0) is 15.1. The Kier molecular flexibility index (Phi) is 5.83. The van der Waals surface area contributed by atoms with Crippen molar-refractivity contribution >= 4 is 17.2 Å². The molecule has 0 fully saturated rings. The van der Waals surface area contributed by atoms with E-state index in [0.29, 0.717) is 13.0 Å². The number of hydrogen-bond acceptors (Lipinski definition) is 5. The smallest absolute Gasteiger partial charge is 0.226 e. The summed E-state index contributed by atoms with van der Waals surface area (Å²) >= 11 is 1.54. The van der Waals surface area contributed by atoms with E-state index in [0.717, 1.165) is 16.4 Å². The second-order valence-electron chi connectivity index (χ2n) is 4.91. The van der Waals surface area contributed by atoms with E-state index in [2.05, 4.69) is 15.3 Å². The van der Waals surface area contributed by atoms with Gasteiger partial charge in [-0.05, 0) is 25.5 Å². The van der Waals surface area contributed by atoms with Gasteiger partial charge in [0.1, 0.15) is 0 Å². The lowest BCUT2D eigenvalue weighted by atomic mass is 10.0. The minimum atomic E-state index is -0.0697. The molecule has 0 aliphatic carbocycles. The number of amides is 1. The fourth-order valence-corrected chi connectivity index (χ4v) is 2.60. The van der Waals surface area contributed by atoms with E-state index in [-0.39, 0.29) is 24.9 Å². The molecule has 0 radical (unpaired) electrons. The number of carbonyl (C=O) groups is 1. The molecule has 1 amide bonds. The van der Waals surface area contributed by atoms with Crippen molar-refractivity contribution in [1.29, 1.82) is 0 Å². The molecule has 2 aromatic heterocycles. The van der Waals surface area contributed by atoms with Crippen LogP contribution in [0.2, 0.25) is 0 Å². The molecule has 0 saturated carbocycles. The van der Waals surface area contributed by atoms with Gasteiger partial charge in [-0.15, -0.1) is 11.3 Å². The average molecular weight is 305 g/mol. The fourth-order valence-electron chi connectivity index (χ4n) is 1.99. The number of hydrogen-bond donors (Lipinski definition) is 2. The lowest BCUT2D eigenvalue weighted by Crippen LogP contribution is -2.33. The van der Waals surface area contributed by atoms with Crippen molar-refractivity contribution in [2.45, 2.75) is 19.8 Å². The average Bonchev–Trinajstić information content (AvgIpc) is 2.89. The molecule has 0 aliphatic rings. The van der Waals surface area contributed by atoms with Gasteiger partial charge in [-0.2, -0.15) is 0 Å². The first kappa shape index (κ1) is 15.6. The Balaban J connectivity index is 1.78. The Morgan fingerprint density at radius 2 is 2.29 bits per heavy atom. The summed E-state index contributed by atoms with van der Waals surface area (Å²) in [5.41, 5.74) is 1.71. The third-order valence-corrected chi connectivity index (χ3v) is 3.90. The maximum absolute atomic E-state index is 11.9. The van der Waals surface area contributed by atoms with Crippen molar-refractivity contribution < 1.29 is 9.90 Å². The van der Waals surface area contributed by atoms with Crippen LogP contribution in [0.1, 0.15) is 16.4 Å². The number of pyridine rings is 1. The monoisotopic (exact) mass is 305 g/mol. The van der Waals surface area contributed by atoms with Crippen LogP contribution in [-0.2, 0) is 17.6 Å². The molecule has 1 atom stereocenters. The summed E-state index contributed by atoms with van der Waals surface area (Å²) < 4.78 is 0. The maximum atomic E-state index is 11.9. The molecule has 0 aromatic carbocycles. The normalized spacial score (nSPS) is 12.1. The quantitative estimate of drug-likeness (QED) is 0.810. The van der Waals surface area contributed by atoms with Gasteiger partial charge in [0.25, 0.3) is 0 Å². The number of aryl methyl sites for hydroxylation is 1. The molecule has 112 valence electrons. The van der Waals surface area contributed by atoms with Crippen LogP contribution in [0.3, 0.4) is 0 Å². The van der Waals surface area contributed by atoms with Crippen molar-refractivity contribution in [3.63, 3.8) is 0 Å². The van der Waals surface area contributed by atoms with E-state index >= 15 is 0 Å². The summed E-state index contributed by atoms with van der Waals surface area (Å²) in [7, 11) is 0. The van der Waals surface area contributed by atoms with Crippen molar-refractivity contribution in [3.05, 3.63) is 46.2 Å². The van der Waals surface area contributed by atoms with Gasteiger partial charge in [-0.3, -0.25) is 9.78 Å². The molecule has 0 bridgehead atoms. The number of aliphatic hydroxyl groups is 1. The van der Waals surface area contributed by atoms with Crippen LogP contribution >= 0.6 is 11.3 Å². The van der Waals surface area contributed by atoms with Crippen LogP contribution in [-0.4, -0.2) is 34.1 Å². The molecule has 2 rings (SSSR count). The second-order valence-corrected chi connectivity index (χ2v) is 5.97. The molecule has 2 heterocycles. The lowest BCUT2D eigenvalue weighted by Gasteiger charge is -2.14. The summed E-state index contributed by atoms with van der Waals surface area (Å²) in [6, 6.07) is 5.69. The van der Waals surface area contributed by atoms with Crippen molar-refractivity contribution in [2.75, 3.05) is 13.2 Å². The summed E-state index contributed by atoms with van der Waals surface area (Å²) in [5, 5.41) is 15.1. The Labute approximate surface area is 128 Å². The highest BCUT2D eigenvalue weighted by molar-refractivity contribution is 7.09. The predicted molar refractivity (Wildman–Crippen MR) is 82.1 cm³/mol. The summed E-state index contributed by atoms with van der Waals surface area (Å²) in [4.78, 5) is 20.3. The molecular formula is C15H19N3O2S. The van der Waals surface area contributed by atoms with E-state index in [9.17, 15) is 9.90 Å². The largest absolute Gasteiger partial charge is 0.396 e. The highest BCUT2D eigenvalue weighted by Crippen LogP contribution is 2.09. The third-order valence-electron chi connectivity index (χ3n) is 3.08. The standard InChI is InChI=1S/C15H19N3O2S/c1-11-18-14(10-21-11)7-15(20)17-8-12(9-19)6-13-4-2-3-5-16-13/h2-5,10,12,19H,6-9H2,1H3,(H,17,20). The van der Waals surface area contributed by atoms with Gasteiger partial charge in [0.2, 0.25) is 5.91 Å². The number of carbonyl (C=O) groups excluding carboxylic acids is 1. The Morgan fingerprint density at radius 1 is 1.43 bits per heavy atom. The van der Waals surface area contributed by atoms with E-state index in [1.54, 1.807) is 6.20 Å². The molecule has 5 nitrogen and oxygen atoms in total. The SMILES string of the molecule is Cc1nc(CC(=O)NCC(CO)Cc2ccccn2)cs1. The first-order valence-corrected chi connectivity index (χ1v) is 7.74. The zero-order valence-corrected chi connectivity index (χ0v) is 12.8. The predicted octanol–water partition coefficient (Wildman–Crippen LogP) is 1.36. The highest BCUT2D eigenvalue weighted by Gasteiger charge is 2.12. The Morgan fingerprint density at radius 3 is 2.90 bits per heavy atom. The number of aromatic nitrogens is 2. The first-order chi connectivity index (χ1) is 10.2. The fraction of sp³-hybridized carbons (Fsp3) is 0.400. The number of aliphatic hydroxyl groups excluding tert-OH is 1.